The largest absolute Gasteiger partial charge is 0.394 e. The maximum atomic E-state index is 15.5. The minimum Gasteiger partial charge on any atom is -0.394 e. The van der Waals surface area contributed by atoms with Crippen LogP contribution in [0.1, 0.15) is 12.6 Å². The number of aromatic nitrogens is 2. The zero-order valence-electron chi connectivity index (χ0n) is 23.3. The maximum Gasteiger partial charge on any atom is 0.340 e. The Hall–Kier alpha value is -2.70. The Kier molecular flexibility index (Phi) is 12.0. The molecule has 19 heteroatoms. The molecule has 2 saturated heterocycles. The summed E-state index contributed by atoms with van der Waals surface area (Å²) in [5.74, 6) is -1.32. The molecule has 3 rings (SSSR count). The van der Waals surface area contributed by atoms with Gasteiger partial charge in [0.1, 0.15) is 36.8 Å². The highest BCUT2D eigenvalue weighted by Gasteiger charge is 2.51. The number of hydrogen-bond acceptors (Lipinski definition) is 14. The standard InChI is InChI=1S/C24H35F2N6O9PS/c1-4-32(23-20(28)12(2)29-10-30-23)24-19(26)21(36)16(40-24)9-38-42(37,11-43)41-22-15(8-33)39-14(18(22)25)7-31(13(3)34)6-5-17(27)35/h4-6,10,14-16,18-19,21-22,24,33,36,43H,1,7-9,11,28H2,2-3H3,(H2,27,35)/b6-5-/t14-,15+,16+,18?,19?,21?,22?,24+,42?/m0/s1. The van der Waals surface area contributed by atoms with E-state index >= 15 is 8.78 Å². The lowest BCUT2D eigenvalue weighted by molar-refractivity contribution is -0.128. The maximum absolute atomic E-state index is 15.5. The number of aliphatic hydroxyl groups is 2. The van der Waals surface area contributed by atoms with Crippen molar-refractivity contribution in [2.45, 2.75) is 62.9 Å². The Balaban J connectivity index is 1.70. The molecule has 2 aliphatic heterocycles. The molecule has 43 heavy (non-hydrogen) atoms. The van der Waals surface area contributed by atoms with Crippen molar-refractivity contribution in [1.29, 1.82) is 0 Å². The van der Waals surface area contributed by atoms with Crippen LogP contribution >= 0.6 is 20.2 Å². The highest BCUT2D eigenvalue weighted by Crippen LogP contribution is 2.53. The number of amides is 2. The monoisotopic (exact) mass is 652 g/mol. The van der Waals surface area contributed by atoms with Crippen LogP contribution in [0.25, 0.3) is 0 Å². The molecule has 0 aliphatic carbocycles. The molecule has 0 radical (unpaired) electrons. The number of nitrogens with zero attached hydrogens (tertiary/aromatic N) is 4. The number of primary amides is 1. The molecular weight excluding hydrogens is 617 g/mol. The van der Waals surface area contributed by atoms with Crippen molar-refractivity contribution >= 4 is 43.5 Å². The number of aryl methyl sites for hydroxylation is 1. The molecule has 2 fully saturated rings. The molecule has 9 atom stereocenters. The number of nitrogen functional groups attached to an aromatic ring is 1. The van der Waals surface area contributed by atoms with Crippen molar-refractivity contribution in [2.75, 3.05) is 35.9 Å². The van der Waals surface area contributed by atoms with Crippen molar-refractivity contribution in [3.8, 4) is 0 Å². The molecule has 1 aromatic heterocycles. The van der Waals surface area contributed by atoms with Crippen molar-refractivity contribution in [1.82, 2.24) is 14.9 Å². The quantitative estimate of drug-likeness (QED) is 0.103. The minimum absolute atomic E-state index is 0.0848. The SMILES string of the molecule is C=CN(c1ncnc(C)c1N)[C@@H]1O[C@H](COP(=O)(CS)OC2C(F)[C@H](CN(/C=C\C(N)=O)C(C)=O)O[C@@H]2CO)C(O)C1F. The molecule has 0 saturated carbocycles. The molecule has 2 aliphatic rings. The lowest BCUT2D eigenvalue weighted by Crippen LogP contribution is -2.39. The van der Waals surface area contributed by atoms with Gasteiger partial charge < -0.3 is 45.5 Å². The number of halogens is 2. The molecule has 6 N–H and O–H groups in total. The zero-order valence-corrected chi connectivity index (χ0v) is 25.1. The highest BCUT2D eigenvalue weighted by molar-refractivity contribution is 7.88. The van der Waals surface area contributed by atoms with Gasteiger partial charge in [-0.2, -0.15) is 12.6 Å². The van der Waals surface area contributed by atoms with Crippen LogP contribution in [0.3, 0.4) is 0 Å². The van der Waals surface area contributed by atoms with E-state index in [2.05, 4.69) is 29.2 Å². The molecule has 5 unspecified atom stereocenters. The number of rotatable bonds is 14. The van der Waals surface area contributed by atoms with E-state index in [-0.39, 0.29) is 18.1 Å². The van der Waals surface area contributed by atoms with E-state index in [1.807, 2.05) is 0 Å². The molecular formula is C24H35F2N6O9PS. The summed E-state index contributed by atoms with van der Waals surface area (Å²) in [7, 11) is -4.28. The predicted molar refractivity (Wildman–Crippen MR) is 152 cm³/mol. The average molecular weight is 653 g/mol. The Bertz CT molecular complexity index is 1250. The average Bonchev–Trinajstić information content (AvgIpc) is 3.42. The topological polar surface area (TPSA) is 213 Å². The lowest BCUT2D eigenvalue weighted by Gasteiger charge is -2.28. The van der Waals surface area contributed by atoms with Gasteiger partial charge in [-0.1, -0.05) is 6.58 Å². The molecule has 0 spiro atoms. The number of carbonyl (C=O) groups is 2. The number of alkyl halides is 2. The van der Waals surface area contributed by atoms with E-state index in [0.717, 1.165) is 24.1 Å². The minimum atomic E-state index is -4.28. The van der Waals surface area contributed by atoms with Gasteiger partial charge in [0.2, 0.25) is 11.8 Å². The smallest absolute Gasteiger partial charge is 0.340 e. The number of hydrogen-bond donors (Lipinski definition) is 5. The summed E-state index contributed by atoms with van der Waals surface area (Å²) >= 11 is 3.99. The van der Waals surface area contributed by atoms with Gasteiger partial charge in [0.25, 0.3) is 0 Å². The normalized spacial score (nSPS) is 30.3. The van der Waals surface area contributed by atoms with Crippen molar-refractivity contribution in [2.24, 2.45) is 5.73 Å². The first-order valence-electron chi connectivity index (χ1n) is 12.9. The third kappa shape index (κ3) is 8.07. The second-order valence-corrected chi connectivity index (χ2v) is 12.5. The van der Waals surface area contributed by atoms with Crippen molar-refractivity contribution in [3.63, 3.8) is 0 Å². The fraction of sp³-hybridized carbons (Fsp3) is 0.583. The fourth-order valence-electron chi connectivity index (χ4n) is 4.39. The second-order valence-electron chi connectivity index (χ2n) is 9.63. The molecule has 1 aromatic rings. The van der Waals surface area contributed by atoms with Gasteiger partial charge >= 0.3 is 7.60 Å². The van der Waals surface area contributed by atoms with E-state index in [4.69, 9.17) is 30.0 Å². The molecule has 0 bridgehead atoms. The summed E-state index contributed by atoms with van der Waals surface area (Å²) in [6.07, 6.45) is -8.53. The predicted octanol–water partition coefficient (Wildman–Crippen LogP) is 0.169. The molecule has 15 nitrogen and oxygen atoms in total. The summed E-state index contributed by atoms with van der Waals surface area (Å²) in [4.78, 5) is 33.1. The van der Waals surface area contributed by atoms with Crippen LogP contribution in [0.15, 0.2) is 31.4 Å². The first-order chi connectivity index (χ1) is 20.3. The van der Waals surface area contributed by atoms with Crippen LogP contribution in [0.2, 0.25) is 0 Å². The lowest BCUT2D eigenvalue weighted by atomic mass is 10.1. The summed E-state index contributed by atoms with van der Waals surface area (Å²) < 4.78 is 66.1. The van der Waals surface area contributed by atoms with E-state index in [1.54, 1.807) is 6.92 Å². The molecule has 240 valence electrons. The van der Waals surface area contributed by atoms with E-state index in [9.17, 15) is 24.4 Å². The molecule has 0 aromatic carbocycles. The van der Waals surface area contributed by atoms with Gasteiger partial charge in [0.15, 0.2) is 24.4 Å². The van der Waals surface area contributed by atoms with Gasteiger partial charge in [-0.25, -0.2) is 18.7 Å². The zero-order chi connectivity index (χ0) is 32.1. The fourth-order valence-corrected chi connectivity index (χ4v) is 6.04. The first-order valence-corrected chi connectivity index (χ1v) is 15.3. The second kappa shape index (κ2) is 14.9. The Morgan fingerprint density at radius 3 is 2.53 bits per heavy atom. The van der Waals surface area contributed by atoms with Crippen LogP contribution in [0.5, 0.6) is 0 Å². The van der Waals surface area contributed by atoms with Gasteiger partial charge in [-0.3, -0.25) is 18.7 Å². The number of ether oxygens (including phenoxy) is 2. The number of aliphatic hydroxyl groups excluding tert-OH is 2. The van der Waals surface area contributed by atoms with Crippen LogP contribution in [0, 0.1) is 6.92 Å². The Labute approximate surface area is 251 Å². The van der Waals surface area contributed by atoms with Gasteiger partial charge in [0.05, 0.1) is 36.6 Å². The summed E-state index contributed by atoms with van der Waals surface area (Å²) in [5.41, 5.74) is 11.0. The number of carbonyl (C=O) groups excluding carboxylic acids is 2. The summed E-state index contributed by atoms with van der Waals surface area (Å²) in [6, 6.07) is 0. The highest BCUT2D eigenvalue weighted by atomic mass is 32.1. The van der Waals surface area contributed by atoms with Gasteiger partial charge in [-0.15, -0.1) is 0 Å². The van der Waals surface area contributed by atoms with Gasteiger partial charge in [0, 0.05) is 25.4 Å². The van der Waals surface area contributed by atoms with Crippen LogP contribution in [-0.2, 0) is 32.7 Å². The molecule has 3 heterocycles. The number of nitrogens with two attached hydrogens (primary N) is 2. The van der Waals surface area contributed by atoms with Crippen LogP contribution in [0.4, 0.5) is 20.3 Å². The van der Waals surface area contributed by atoms with E-state index < -0.39 is 87.2 Å². The van der Waals surface area contributed by atoms with Gasteiger partial charge in [-0.05, 0) is 6.92 Å². The van der Waals surface area contributed by atoms with E-state index in [0.29, 0.717) is 5.69 Å². The van der Waals surface area contributed by atoms with Crippen LogP contribution < -0.4 is 16.4 Å². The number of thiol groups is 1. The molecule has 2 amide bonds. The van der Waals surface area contributed by atoms with E-state index in [1.165, 1.54) is 17.4 Å². The van der Waals surface area contributed by atoms with Crippen molar-refractivity contribution in [3.05, 3.63) is 37.1 Å². The van der Waals surface area contributed by atoms with Crippen molar-refractivity contribution < 1.29 is 51.7 Å². The summed E-state index contributed by atoms with van der Waals surface area (Å²) in [5, 5.41) is 20.3. The van der Waals surface area contributed by atoms with Crippen LogP contribution in [-0.4, -0.2) is 111 Å². The third-order valence-corrected chi connectivity index (χ3v) is 9.22. The first kappa shape index (κ1) is 34.8. The Morgan fingerprint density at radius 2 is 1.95 bits per heavy atom. The number of anilines is 2. The third-order valence-electron chi connectivity index (χ3n) is 6.73. The summed E-state index contributed by atoms with van der Waals surface area (Å²) in [6.45, 7) is 4.62. The Morgan fingerprint density at radius 1 is 1.26 bits per heavy atom.